The maximum Gasteiger partial charge on any atom is 0.344 e. The van der Waals surface area contributed by atoms with Gasteiger partial charge in [-0.25, -0.2) is 9.80 Å². The fourth-order valence-corrected chi connectivity index (χ4v) is 3.01. The molecule has 1 fully saturated rings. The van der Waals surface area contributed by atoms with Crippen molar-refractivity contribution in [3.05, 3.63) is 41.6 Å². The SMILES string of the molecule is CN1/C(=C\C=N/N2CC(=O)NC2=O)C(C)(C)c2ccccc21. The molecule has 22 heavy (non-hydrogen) atoms. The molecule has 3 rings (SSSR count). The molecule has 1 aromatic carbocycles. The summed E-state index contributed by atoms with van der Waals surface area (Å²) >= 11 is 0. The van der Waals surface area contributed by atoms with Crippen LogP contribution in [0.1, 0.15) is 19.4 Å². The molecule has 0 radical (unpaired) electrons. The Morgan fingerprint density at radius 1 is 1.27 bits per heavy atom. The van der Waals surface area contributed by atoms with Crippen LogP contribution in [-0.2, 0) is 10.2 Å². The number of nitrogens with zero attached hydrogens (tertiary/aromatic N) is 3. The highest BCUT2D eigenvalue weighted by atomic mass is 16.2. The smallest absolute Gasteiger partial charge is 0.344 e. The van der Waals surface area contributed by atoms with E-state index in [-0.39, 0.29) is 17.9 Å². The average Bonchev–Trinajstić information content (AvgIpc) is 2.89. The lowest BCUT2D eigenvalue weighted by molar-refractivity contribution is -0.118. The van der Waals surface area contributed by atoms with Crippen LogP contribution in [0.25, 0.3) is 0 Å². The van der Waals surface area contributed by atoms with E-state index in [2.05, 4.69) is 41.3 Å². The minimum absolute atomic E-state index is 0.0298. The molecule has 2 heterocycles. The number of carbonyl (C=O) groups excluding carboxylic acids is 2. The Kier molecular flexibility index (Phi) is 3.24. The average molecular weight is 298 g/mol. The lowest BCUT2D eigenvalue weighted by atomic mass is 9.84. The number of amides is 3. The number of likely N-dealkylation sites (N-methyl/N-ethyl adjacent to an activating group) is 1. The fraction of sp³-hybridized carbons (Fsp3) is 0.312. The number of benzene rings is 1. The number of allylic oxidation sites excluding steroid dienone is 2. The number of hydrogen-bond donors (Lipinski definition) is 1. The van der Waals surface area contributed by atoms with Gasteiger partial charge in [0.1, 0.15) is 6.54 Å². The van der Waals surface area contributed by atoms with Crippen LogP contribution in [0.2, 0.25) is 0 Å². The third-order valence-electron chi connectivity index (χ3n) is 4.15. The number of rotatable bonds is 2. The van der Waals surface area contributed by atoms with Crippen LogP contribution >= 0.6 is 0 Å². The van der Waals surface area contributed by atoms with Gasteiger partial charge in [0.05, 0.1) is 0 Å². The molecule has 6 heteroatoms. The number of nitrogens with one attached hydrogen (secondary N) is 1. The van der Waals surface area contributed by atoms with Gasteiger partial charge in [0.15, 0.2) is 0 Å². The zero-order valence-electron chi connectivity index (χ0n) is 12.8. The first-order chi connectivity index (χ1) is 10.4. The van der Waals surface area contributed by atoms with Crippen molar-refractivity contribution in [3.63, 3.8) is 0 Å². The van der Waals surface area contributed by atoms with E-state index in [0.717, 1.165) is 10.7 Å². The molecule has 1 saturated heterocycles. The number of urea groups is 1. The molecule has 1 aromatic rings. The largest absolute Gasteiger partial charge is 0.347 e. The highest BCUT2D eigenvalue weighted by Crippen LogP contribution is 2.46. The number of carbonyl (C=O) groups is 2. The van der Waals surface area contributed by atoms with Crippen LogP contribution in [0.4, 0.5) is 10.5 Å². The Labute approximate surface area is 129 Å². The Hall–Kier alpha value is -2.63. The highest BCUT2D eigenvalue weighted by Gasteiger charge is 2.37. The maximum absolute atomic E-state index is 11.4. The van der Waals surface area contributed by atoms with Crippen molar-refractivity contribution < 1.29 is 9.59 Å². The van der Waals surface area contributed by atoms with Gasteiger partial charge in [0.25, 0.3) is 0 Å². The summed E-state index contributed by atoms with van der Waals surface area (Å²) in [6.45, 7) is 4.28. The molecule has 2 aliphatic rings. The summed E-state index contributed by atoms with van der Waals surface area (Å²) in [5.41, 5.74) is 3.37. The Morgan fingerprint density at radius 3 is 2.64 bits per heavy atom. The van der Waals surface area contributed by atoms with Crippen molar-refractivity contribution >= 4 is 23.8 Å². The van der Waals surface area contributed by atoms with E-state index in [0.29, 0.717) is 0 Å². The Bertz CT molecular complexity index is 706. The minimum atomic E-state index is -0.484. The predicted molar refractivity (Wildman–Crippen MR) is 84.7 cm³/mol. The molecule has 0 atom stereocenters. The summed E-state index contributed by atoms with van der Waals surface area (Å²) in [4.78, 5) is 24.7. The molecule has 0 bridgehead atoms. The van der Waals surface area contributed by atoms with E-state index in [1.54, 1.807) is 6.21 Å². The van der Waals surface area contributed by atoms with Crippen molar-refractivity contribution in [3.8, 4) is 0 Å². The lowest BCUT2D eigenvalue weighted by Crippen LogP contribution is -2.24. The van der Waals surface area contributed by atoms with Gasteiger partial charge in [-0.1, -0.05) is 32.0 Å². The summed E-state index contributed by atoms with van der Waals surface area (Å²) in [6, 6.07) is 7.77. The van der Waals surface area contributed by atoms with Crippen molar-refractivity contribution in [1.29, 1.82) is 0 Å². The molecule has 0 aliphatic carbocycles. The van der Waals surface area contributed by atoms with E-state index in [9.17, 15) is 9.59 Å². The van der Waals surface area contributed by atoms with Gasteiger partial charge in [-0.3, -0.25) is 10.1 Å². The molecular formula is C16H18N4O2. The number of anilines is 1. The first-order valence-electron chi connectivity index (χ1n) is 7.10. The zero-order valence-corrected chi connectivity index (χ0v) is 12.8. The molecule has 3 amide bonds. The molecule has 0 spiro atoms. The van der Waals surface area contributed by atoms with Crippen molar-refractivity contribution in [1.82, 2.24) is 10.3 Å². The zero-order chi connectivity index (χ0) is 15.9. The van der Waals surface area contributed by atoms with E-state index in [1.165, 1.54) is 11.3 Å². The quantitative estimate of drug-likeness (QED) is 0.669. The summed E-state index contributed by atoms with van der Waals surface area (Å²) in [6.07, 6.45) is 3.45. The summed E-state index contributed by atoms with van der Waals surface area (Å²) in [5, 5.41) is 7.36. The number of hydrazone groups is 1. The van der Waals surface area contributed by atoms with Crippen LogP contribution < -0.4 is 10.2 Å². The molecule has 0 aromatic heterocycles. The molecule has 0 unspecified atom stereocenters. The van der Waals surface area contributed by atoms with Gasteiger partial charge in [0.2, 0.25) is 5.91 Å². The van der Waals surface area contributed by atoms with Crippen LogP contribution in [0, 0.1) is 0 Å². The van der Waals surface area contributed by atoms with Gasteiger partial charge >= 0.3 is 6.03 Å². The monoisotopic (exact) mass is 298 g/mol. The van der Waals surface area contributed by atoms with Crippen molar-refractivity contribution in [2.75, 3.05) is 18.5 Å². The van der Waals surface area contributed by atoms with Crippen LogP contribution in [0.15, 0.2) is 41.1 Å². The molecule has 2 aliphatic heterocycles. The van der Waals surface area contributed by atoms with Gasteiger partial charge in [-0.05, 0) is 17.7 Å². The second-order valence-corrected chi connectivity index (χ2v) is 5.93. The first kappa shape index (κ1) is 14.3. The van der Waals surface area contributed by atoms with Crippen LogP contribution in [0.3, 0.4) is 0 Å². The molecular weight excluding hydrogens is 280 g/mol. The lowest BCUT2D eigenvalue weighted by Gasteiger charge is -2.23. The first-order valence-corrected chi connectivity index (χ1v) is 7.10. The molecule has 114 valence electrons. The minimum Gasteiger partial charge on any atom is -0.347 e. The van der Waals surface area contributed by atoms with Gasteiger partial charge in [-0.2, -0.15) is 5.10 Å². The third kappa shape index (κ3) is 2.16. The number of para-hydroxylation sites is 1. The van der Waals surface area contributed by atoms with Crippen molar-refractivity contribution in [2.24, 2.45) is 5.10 Å². The summed E-state index contributed by atoms with van der Waals surface area (Å²) in [7, 11) is 2.01. The second-order valence-electron chi connectivity index (χ2n) is 5.93. The number of hydrogen-bond acceptors (Lipinski definition) is 4. The molecule has 6 nitrogen and oxygen atoms in total. The fourth-order valence-electron chi connectivity index (χ4n) is 3.01. The Balaban J connectivity index is 1.86. The normalized spacial score (nSPS) is 21.9. The summed E-state index contributed by atoms with van der Waals surface area (Å²) < 4.78 is 0. The van der Waals surface area contributed by atoms with Crippen LogP contribution in [0.5, 0.6) is 0 Å². The summed E-state index contributed by atoms with van der Waals surface area (Å²) in [5.74, 6) is -0.333. The Morgan fingerprint density at radius 2 is 2.00 bits per heavy atom. The van der Waals surface area contributed by atoms with Gasteiger partial charge < -0.3 is 4.90 Å². The topological polar surface area (TPSA) is 65.0 Å². The maximum atomic E-state index is 11.4. The number of fused-ring (bicyclic) bond motifs is 1. The predicted octanol–water partition coefficient (Wildman–Crippen LogP) is 1.84. The van der Waals surface area contributed by atoms with E-state index in [4.69, 9.17) is 0 Å². The molecule has 0 saturated carbocycles. The van der Waals surface area contributed by atoms with E-state index >= 15 is 0 Å². The second kappa shape index (κ2) is 4.98. The van der Waals surface area contributed by atoms with E-state index < -0.39 is 6.03 Å². The number of imide groups is 1. The molecule has 1 N–H and O–H groups in total. The van der Waals surface area contributed by atoms with Gasteiger partial charge in [-0.15, -0.1) is 0 Å². The van der Waals surface area contributed by atoms with Crippen molar-refractivity contribution in [2.45, 2.75) is 19.3 Å². The standard InChI is InChI=1S/C16H18N4O2/c1-16(2)11-6-4-5-7-12(11)19(3)13(16)8-9-17-20-10-14(21)18-15(20)22/h4-9H,10H2,1-3H3,(H,18,21,22)/b13-8-,17-9-. The third-order valence-corrected chi connectivity index (χ3v) is 4.15. The van der Waals surface area contributed by atoms with Gasteiger partial charge in [0, 0.05) is 30.1 Å². The highest BCUT2D eigenvalue weighted by molar-refractivity contribution is 6.02. The van der Waals surface area contributed by atoms with E-state index in [1.807, 2.05) is 25.3 Å². The van der Waals surface area contributed by atoms with Crippen LogP contribution in [-0.4, -0.2) is 36.8 Å².